The molecule has 22 heavy (non-hydrogen) atoms. The van der Waals surface area contributed by atoms with E-state index in [4.69, 9.17) is 0 Å². The van der Waals surface area contributed by atoms with Crippen molar-refractivity contribution in [1.29, 1.82) is 0 Å². The SMILES string of the molecule is CCC1CC2CC(=O)C1N(CCc1c[nH]c3ccccc13)C2. The van der Waals surface area contributed by atoms with Crippen LogP contribution in [0.5, 0.6) is 0 Å². The number of nitrogens with one attached hydrogen (secondary N) is 1. The molecule has 3 fully saturated rings. The number of para-hydroxylation sites is 1. The van der Waals surface area contributed by atoms with E-state index in [0.717, 1.165) is 32.4 Å². The molecule has 116 valence electrons. The van der Waals surface area contributed by atoms with Crippen LogP contribution >= 0.6 is 0 Å². The van der Waals surface area contributed by atoms with E-state index in [1.807, 2.05) is 0 Å². The number of aromatic amines is 1. The Morgan fingerprint density at radius 3 is 3.00 bits per heavy atom. The zero-order valence-electron chi connectivity index (χ0n) is 13.2. The lowest BCUT2D eigenvalue weighted by Gasteiger charge is -2.48. The van der Waals surface area contributed by atoms with Crippen LogP contribution in [0, 0.1) is 11.8 Å². The van der Waals surface area contributed by atoms with Crippen molar-refractivity contribution < 1.29 is 4.79 Å². The summed E-state index contributed by atoms with van der Waals surface area (Å²) in [5.74, 6) is 1.68. The number of hydrogen-bond acceptors (Lipinski definition) is 2. The van der Waals surface area contributed by atoms with E-state index in [1.54, 1.807) is 0 Å². The number of fused-ring (bicyclic) bond motifs is 4. The van der Waals surface area contributed by atoms with E-state index in [2.05, 4.69) is 47.3 Å². The molecular weight excluding hydrogens is 272 g/mol. The number of hydrogen-bond donors (Lipinski definition) is 1. The molecule has 2 bridgehead atoms. The number of benzene rings is 1. The van der Waals surface area contributed by atoms with Crippen LogP contribution in [0.3, 0.4) is 0 Å². The molecule has 1 N–H and O–H groups in total. The number of ketones is 1. The predicted molar refractivity (Wildman–Crippen MR) is 88.9 cm³/mol. The topological polar surface area (TPSA) is 36.1 Å². The van der Waals surface area contributed by atoms with Gasteiger partial charge in [0.15, 0.2) is 5.78 Å². The van der Waals surface area contributed by atoms with Gasteiger partial charge in [0.25, 0.3) is 0 Å². The zero-order valence-corrected chi connectivity index (χ0v) is 13.2. The molecule has 1 aliphatic carbocycles. The van der Waals surface area contributed by atoms with E-state index in [9.17, 15) is 4.79 Å². The van der Waals surface area contributed by atoms with Crippen molar-refractivity contribution >= 4 is 16.7 Å². The largest absolute Gasteiger partial charge is 0.361 e. The Balaban J connectivity index is 1.50. The van der Waals surface area contributed by atoms with Gasteiger partial charge in [0.2, 0.25) is 0 Å². The standard InChI is InChI=1S/C19H24N2O/c1-2-14-9-13-10-18(22)19(14)21(12-13)8-7-15-11-20-17-6-4-3-5-16(15)17/h3-6,11,13-14,19-20H,2,7-10,12H2,1H3. The number of carbonyl (C=O) groups excluding carboxylic acids is 1. The van der Waals surface area contributed by atoms with Crippen LogP contribution in [0.25, 0.3) is 10.9 Å². The Kier molecular flexibility index (Phi) is 3.53. The fraction of sp³-hybridized carbons (Fsp3) is 0.526. The van der Waals surface area contributed by atoms with Crippen molar-refractivity contribution in [2.45, 2.75) is 38.6 Å². The summed E-state index contributed by atoms with van der Waals surface area (Å²) in [5, 5.41) is 1.32. The Hall–Kier alpha value is -1.61. The third-order valence-corrected chi connectivity index (χ3v) is 5.66. The quantitative estimate of drug-likeness (QED) is 0.938. The van der Waals surface area contributed by atoms with Crippen LogP contribution in [0.2, 0.25) is 0 Å². The molecule has 2 aromatic rings. The minimum absolute atomic E-state index is 0.195. The first kappa shape index (κ1) is 14.0. The summed E-state index contributed by atoms with van der Waals surface area (Å²) in [6.45, 7) is 4.36. The molecular formula is C19H24N2O. The summed E-state index contributed by atoms with van der Waals surface area (Å²) < 4.78 is 0. The van der Waals surface area contributed by atoms with Gasteiger partial charge in [0.1, 0.15) is 0 Å². The molecule has 0 spiro atoms. The van der Waals surface area contributed by atoms with Crippen molar-refractivity contribution in [1.82, 2.24) is 9.88 Å². The average Bonchev–Trinajstić information content (AvgIpc) is 2.95. The van der Waals surface area contributed by atoms with Gasteiger partial charge in [-0.2, -0.15) is 0 Å². The maximum absolute atomic E-state index is 12.4. The molecule has 2 aliphatic heterocycles. The fourth-order valence-electron chi connectivity index (χ4n) is 4.62. The van der Waals surface area contributed by atoms with Crippen LogP contribution < -0.4 is 0 Å². The minimum Gasteiger partial charge on any atom is -0.361 e. The highest BCUT2D eigenvalue weighted by atomic mass is 16.1. The minimum atomic E-state index is 0.195. The molecule has 1 saturated carbocycles. The lowest BCUT2D eigenvalue weighted by atomic mass is 9.71. The Morgan fingerprint density at radius 2 is 2.18 bits per heavy atom. The van der Waals surface area contributed by atoms with Crippen molar-refractivity contribution in [3.63, 3.8) is 0 Å². The van der Waals surface area contributed by atoms with Gasteiger partial charge in [0.05, 0.1) is 6.04 Å². The second-order valence-corrected chi connectivity index (χ2v) is 6.99. The molecule has 1 aromatic carbocycles. The second-order valence-electron chi connectivity index (χ2n) is 6.99. The lowest BCUT2D eigenvalue weighted by Crippen LogP contribution is -2.58. The highest BCUT2D eigenvalue weighted by Crippen LogP contribution is 2.38. The van der Waals surface area contributed by atoms with Gasteiger partial charge in [0, 0.05) is 36.6 Å². The summed E-state index contributed by atoms with van der Waals surface area (Å²) >= 11 is 0. The van der Waals surface area contributed by atoms with Crippen LogP contribution in [-0.4, -0.2) is 34.8 Å². The number of aromatic nitrogens is 1. The smallest absolute Gasteiger partial charge is 0.150 e. The van der Waals surface area contributed by atoms with Crippen LogP contribution in [0.1, 0.15) is 31.7 Å². The Bertz CT molecular complexity index is 690. The van der Waals surface area contributed by atoms with E-state index in [1.165, 1.54) is 22.9 Å². The van der Waals surface area contributed by atoms with Crippen LogP contribution in [0.15, 0.2) is 30.5 Å². The number of piperidine rings is 2. The maximum atomic E-state index is 12.4. The van der Waals surface area contributed by atoms with Gasteiger partial charge in [-0.1, -0.05) is 31.5 Å². The molecule has 3 unspecified atom stereocenters. The molecule has 3 heteroatoms. The zero-order chi connectivity index (χ0) is 15.1. The molecule has 2 saturated heterocycles. The molecule has 3 heterocycles. The lowest BCUT2D eigenvalue weighted by molar-refractivity contribution is -0.137. The van der Waals surface area contributed by atoms with Gasteiger partial charge in [-0.3, -0.25) is 9.69 Å². The number of rotatable bonds is 4. The van der Waals surface area contributed by atoms with E-state index in [0.29, 0.717) is 17.6 Å². The second kappa shape index (κ2) is 5.54. The number of H-pyrrole nitrogens is 1. The predicted octanol–water partition coefficient (Wildman–Crippen LogP) is 3.40. The fourth-order valence-corrected chi connectivity index (χ4v) is 4.62. The molecule has 0 amide bonds. The van der Waals surface area contributed by atoms with E-state index < -0.39 is 0 Å². The molecule has 1 aromatic heterocycles. The summed E-state index contributed by atoms with van der Waals surface area (Å²) in [6, 6.07) is 8.66. The normalized spacial score (nSPS) is 28.6. The number of nitrogens with zero attached hydrogens (tertiary/aromatic N) is 1. The van der Waals surface area contributed by atoms with Crippen LogP contribution in [0.4, 0.5) is 0 Å². The van der Waals surface area contributed by atoms with Crippen molar-refractivity contribution in [2.24, 2.45) is 11.8 Å². The van der Waals surface area contributed by atoms with Gasteiger partial charge in [-0.05, 0) is 36.3 Å². The molecule has 0 radical (unpaired) electrons. The first-order valence-electron chi connectivity index (χ1n) is 8.58. The molecule has 5 rings (SSSR count). The molecule has 3 nitrogen and oxygen atoms in total. The Morgan fingerprint density at radius 1 is 1.32 bits per heavy atom. The number of Topliss-reactive ketones (excluding diaryl/α,β-unsaturated/α-hetero) is 1. The third kappa shape index (κ3) is 2.28. The third-order valence-electron chi connectivity index (χ3n) is 5.66. The average molecular weight is 296 g/mol. The van der Waals surface area contributed by atoms with Gasteiger partial charge in [-0.25, -0.2) is 0 Å². The molecule has 3 aliphatic rings. The van der Waals surface area contributed by atoms with Crippen LogP contribution in [-0.2, 0) is 11.2 Å². The molecule has 3 atom stereocenters. The first-order valence-corrected chi connectivity index (χ1v) is 8.58. The van der Waals surface area contributed by atoms with Crippen molar-refractivity contribution in [2.75, 3.05) is 13.1 Å². The maximum Gasteiger partial charge on any atom is 0.150 e. The van der Waals surface area contributed by atoms with Crippen molar-refractivity contribution in [3.8, 4) is 0 Å². The Labute approximate surface area is 131 Å². The van der Waals surface area contributed by atoms with E-state index >= 15 is 0 Å². The number of carbonyl (C=O) groups is 1. The first-order chi connectivity index (χ1) is 10.8. The summed E-state index contributed by atoms with van der Waals surface area (Å²) in [5.41, 5.74) is 2.58. The summed E-state index contributed by atoms with van der Waals surface area (Å²) in [6.07, 6.45) is 6.38. The van der Waals surface area contributed by atoms with Gasteiger partial charge >= 0.3 is 0 Å². The monoisotopic (exact) mass is 296 g/mol. The van der Waals surface area contributed by atoms with Gasteiger partial charge < -0.3 is 4.98 Å². The highest BCUT2D eigenvalue weighted by molar-refractivity contribution is 5.86. The van der Waals surface area contributed by atoms with Crippen molar-refractivity contribution in [3.05, 3.63) is 36.0 Å². The highest BCUT2D eigenvalue weighted by Gasteiger charge is 2.44. The van der Waals surface area contributed by atoms with Gasteiger partial charge in [-0.15, -0.1) is 0 Å². The van der Waals surface area contributed by atoms with E-state index in [-0.39, 0.29) is 6.04 Å². The summed E-state index contributed by atoms with van der Waals surface area (Å²) in [7, 11) is 0. The summed E-state index contributed by atoms with van der Waals surface area (Å²) in [4.78, 5) is 18.2.